The highest BCUT2D eigenvalue weighted by Crippen LogP contribution is 2.25. The van der Waals surface area contributed by atoms with Gasteiger partial charge in [-0.3, -0.25) is 4.90 Å². The predicted octanol–water partition coefficient (Wildman–Crippen LogP) is 3.47. The molecule has 1 aromatic carbocycles. The van der Waals surface area contributed by atoms with Gasteiger partial charge in [0.25, 0.3) is 0 Å². The normalized spacial score (nSPS) is 18.1. The molecule has 1 aliphatic heterocycles. The molecule has 17 heavy (non-hydrogen) atoms. The molecular weight excluding hydrogens is 259 g/mol. The zero-order valence-corrected chi connectivity index (χ0v) is 11.1. The number of hydrogen-bond acceptors (Lipinski definition) is 1. The van der Waals surface area contributed by atoms with Crippen LogP contribution >= 0.6 is 23.8 Å². The van der Waals surface area contributed by atoms with Gasteiger partial charge in [0.2, 0.25) is 0 Å². The summed E-state index contributed by atoms with van der Waals surface area (Å²) in [5, 5.41) is 3.83. The molecule has 1 aromatic rings. The summed E-state index contributed by atoms with van der Waals surface area (Å²) in [7, 11) is 0. The highest BCUT2D eigenvalue weighted by Gasteiger charge is 2.23. The van der Waals surface area contributed by atoms with Crippen molar-refractivity contribution in [2.45, 2.75) is 19.4 Å². The molecule has 90 valence electrons. The van der Waals surface area contributed by atoms with Crippen molar-refractivity contribution in [3.05, 3.63) is 41.3 Å². The minimum Gasteiger partial charge on any atom is -0.354 e. The molecule has 0 fully saturated rings. The topological polar surface area (TPSA) is 15.3 Å². The van der Waals surface area contributed by atoms with Crippen molar-refractivity contribution < 1.29 is 4.39 Å². The molecule has 0 amide bonds. The van der Waals surface area contributed by atoms with Gasteiger partial charge in [-0.15, -0.1) is 0 Å². The van der Waals surface area contributed by atoms with E-state index in [1.54, 1.807) is 17.0 Å². The molecule has 0 bridgehead atoms. The summed E-state index contributed by atoms with van der Waals surface area (Å²) >= 11 is 11.0. The lowest BCUT2D eigenvalue weighted by molar-refractivity contribution is 0.566. The van der Waals surface area contributed by atoms with Crippen LogP contribution < -0.4 is 10.2 Å². The van der Waals surface area contributed by atoms with E-state index in [1.807, 2.05) is 26.1 Å². The Kier molecular flexibility index (Phi) is 3.10. The van der Waals surface area contributed by atoms with Crippen molar-refractivity contribution in [3.8, 4) is 0 Å². The lowest BCUT2D eigenvalue weighted by atomic mass is 10.0. The lowest BCUT2D eigenvalue weighted by Gasteiger charge is -2.34. The molecule has 5 heteroatoms. The SMILES string of the molecule is CC1(C)C=CN(c2ccc(F)c(Cl)c2)C(=S)N1. The number of thiocarbonyl (C=S) groups is 1. The fourth-order valence-electron chi connectivity index (χ4n) is 1.54. The van der Waals surface area contributed by atoms with Gasteiger partial charge in [-0.1, -0.05) is 11.6 Å². The minimum absolute atomic E-state index is 0.0866. The van der Waals surface area contributed by atoms with Crippen LogP contribution in [0.15, 0.2) is 30.5 Å². The molecule has 0 saturated carbocycles. The van der Waals surface area contributed by atoms with Gasteiger partial charge in [0.1, 0.15) is 5.82 Å². The van der Waals surface area contributed by atoms with E-state index in [4.69, 9.17) is 23.8 Å². The molecule has 2 rings (SSSR count). The third-order valence-corrected chi connectivity index (χ3v) is 3.06. The van der Waals surface area contributed by atoms with Gasteiger partial charge in [-0.25, -0.2) is 4.39 Å². The van der Waals surface area contributed by atoms with E-state index in [0.29, 0.717) is 5.11 Å². The van der Waals surface area contributed by atoms with Crippen LogP contribution in [0.2, 0.25) is 5.02 Å². The summed E-state index contributed by atoms with van der Waals surface area (Å²) < 4.78 is 13.1. The predicted molar refractivity (Wildman–Crippen MR) is 72.8 cm³/mol. The number of anilines is 1. The first kappa shape index (κ1) is 12.3. The van der Waals surface area contributed by atoms with E-state index < -0.39 is 5.82 Å². The fourth-order valence-corrected chi connectivity index (χ4v) is 2.15. The summed E-state index contributed by atoms with van der Waals surface area (Å²) in [6.07, 6.45) is 3.85. The molecule has 0 saturated heterocycles. The smallest absolute Gasteiger partial charge is 0.178 e. The van der Waals surface area contributed by atoms with Crippen LogP contribution in [0.5, 0.6) is 0 Å². The molecule has 0 aliphatic carbocycles. The van der Waals surface area contributed by atoms with Gasteiger partial charge in [0.05, 0.1) is 10.6 Å². The average molecular weight is 271 g/mol. The first-order chi connectivity index (χ1) is 7.89. The number of rotatable bonds is 1. The fraction of sp³-hybridized carbons (Fsp3) is 0.250. The third-order valence-electron chi connectivity index (χ3n) is 2.47. The molecule has 1 heterocycles. The summed E-state index contributed by atoms with van der Waals surface area (Å²) in [5.41, 5.74) is 0.567. The highest BCUT2D eigenvalue weighted by molar-refractivity contribution is 7.80. The molecule has 2 nitrogen and oxygen atoms in total. The van der Waals surface area contributed by atoms with Crippen molar-refractivity contribution in [3.63, 3.8) is 0 Å². The van der Waals surface area contributed by atoms with Crippen LogP contribution in [0, 0.1) is 5.82 Å². The van der Waals surface area contributed by atoms with E-state index in [1.165, 1.54) is 6.07 Å². The van der Waals surface area contributed by atoms with E-state index in [2.05, 4.69) is 5.32 Å². The third kappa shape index (κ3) is 2.58. The Balaban J connectivity index is 2.35. The summed E-state index contributed by atoms with van der Waals surface area (Å²) in [4.78, 5) is 1.76. The lowest BCUT2D eigenvalue weighted by Crippen LogP contribution is -2.51. The Morgan fingerprint density at radius 1 is 1.41 bits per heavy atom. The van der Waals surface area contributed by atoms with Crippen molar-refractivity contribution in [1.82, 2.24) is 5.32 Å². The number of nitrogens with zero attached hydrogens (tertiary/aromatic N) is 1. The average Bonchev–Trinajstić information content (AvgIpc) is 2.21. The molecule has 0 atom stereocenters. The number of benzene rings is 1. The van der Waals surface area contributed by atoms with E-state index in [-0.39, 0.29) is 10.6 Å². The van der Waals surface area contributed by atoms with Crippen LogP contribution in [0.3, 0.4) is 0 Å². The standard InChI is InChI=1S/C12H12ClFN2S/c1-12(2)5-6-16(11(17)15-12)8-3-4-10(14)9(13)7-8/h3-7H,1-2H3,(H,15,17). The van der Waals surface area contributed by atoms with Crippen LogP contribution in [0.4, 0.5) is 10.1 Å². The van der Waals surface area contributed by atoms with Gasteiger partial charge < -0.3 is 5.32 Å². The Labute approximate surface area is 110 Å². The van der Waals surface area contributed by atoms with E-state index >= 15 is 0 Å². The molecule has 0 aromatic heterocycles. The van der Waals surface area contributed by atoms with Crippen LogP contribution in [-0.4, -0.2) is 10.7 Å². The van der Waals surface area contributed by atoms with Crippen molar-refractivity contribution in [1.29, 1.82) is 0 Å². The van der Waals surface area contributed by atoms with Gasteiger partial charge in [-0.2, -0.15) is 0 Å². The van der Waals surface area contributed by atoms with Gasteiger partial charge in [-0.05, 0) is 50.3 Å². The summed E-state index contributed by atoms with van der Waals surface area (Å²) in [5.74, 6) is -0.435. The monoisotopic (exact) mass is 270 g/mol. The second kappa shape index (κ2) is 4.27. The highest BCUT2D eigenvalue weighted by atomic mass is 35.5. The van der Waals surface area contributed by atoms with E-state index in [9.17, 15) is 4.39 Å². The number of hydrogen-bond donors (Lipinski definition) is 1. The molecule has 1 aliphatic rings. The molecular formula is C12H12ClFN2S. The second-order valence-corrected chi connectivity index (χ2v) is 5.23. The van der Waals surface area contributed by atoms with Gasteiger partial charge >= 0.3 is 0 Å². The molecule has 0 spiro atoms. The maximum atomic E-state index is 13.1. The maximum Gasteiger partial charge on any atom is 0.178 e. The maximum absolute atomic E-state index is 13.1. The van der Waals surface area contributed by atoms with Crippen molar-refractivity contribution in [2.75, 3.05) is 4.90 Å². The van der Waals surface area contributed by atoms with Crippen LogP contribution in [0.25, 0.3) is 0 Å². The molecule has 0 radical (unpaired) electrons. The number of nitrogens with one attached hydrogen (secondary N) is 1. The minimum atomic E-state index is -0.435. The Hall–Kier alpha value is -1.13. The van der Waals surface area contributed by atoms with Gasteiger partial charge in [0.15, 0.2) is 5.11 Å². The zero-order chi connectivity index (χ0) is 12.6. The van der Waals surface area contributed by atoms with Crippen molar-refractivity contribution >= 4 is 34.6 Å². The Morgan fingerprint density at radius 2 is 2.12 bits per heavy atom. The quantitative estimate of drug-likeness (QED) is 0.787. The zero-order valence-electron chi connectivity index (χ0n) is 9.50. The summed E-state index contributed by atoms with van der Waals surface area (Å²) in [6, 6.07) is 4.51. The van der Waals surface area contributed by atoms with Crippen LogP contribution in [-0.2, 0) is 0 Å². The first-order valence-electron chi connectivity index (χ1n) is 5.15. The number of halogens is 2. The summed E-state index contributed by atoms with van der Waals surface area (Å²) in [6.45, 7) is 4.04. The van der Waals surface area contributed by atoms with Crippen molar-refractivity contribution in [2.24, 2.45) is 0 Å². The second-order valence-electron chi connectivity index (χ2n) is 4.44. The largest absolute Gasteiger partial charge is 0.354 e. The Morgan fingerprint density at radius 3 is 2.71 bits per heavy atom. The Bertz CT molecular complexity index is 499. The van der Waals surface area contributed by atoms with Gasteiger partial charge in [0, 0.05) is 11.9 Å². The molecule has 0 unspecified atom stereocenters. The van der Waals surface area contributed by atoms with Crippen LogP contribution in [0.1, 0.15) is 13.8 Å². The first-order valence-corrected chi connectivity index (χ1v) is 5.93. The van der Waals surface area contributed by atoms with E-state index in [0.717, 1.165) is 5.69 Å². The molecule has 1 N–H and O–H groups in total.